The van der Waals surface area contributed by atoms with Gasteiger partial charge in [0.05, 0.1) is 11.3 Å². The number of hydrogen-bond acceptors (Lipinski definition) is 3. The molecule has 0 bridgehead atoms. The van der Waals surface area contributed by atoms with Crippen molar-refractivity contribution in [3.63, 3.8) is 0 Å². The monoisotopic (exact) mass is 354 g/mol. The summed E-state index contributed by atoms with van der Waals surface area (Å²) in [5, 5.41) is 5.61. The molecule has 0 saturated carbocycles. The predicted molar refractivity (Wildman–Crippen MR) is 104 cm³/mol. The van der Waals surface area contributed by atoms with E-state index in [2.05, 4.69) is 10.6 Å². The van der Waals surface area contributed by atoms with Gasteiger partial charge >= 0.3 is 0 Å². The van der Waals surface area contributed by atoms with E-state index < -0.39 is 0 Å². The largest absolute Gasteiger partial charge is 0.484 e. The van der Waals surface area contributed by atoms with Crippen LogP contribution in [0, 0.1) is 19.8 Å². The molecule has 26 heavy (non-hydrogen) atoms. The number of aryl methyl sites for hydroxylation is 2. The number of rotatable bonds is 7. The van der Waals surface area contributed by atoms with Gasteiger partial charge in [-0.25, -0.2) is 0 Å². The Balaban J connectivity index is 1.98. The summed E-state index contributed by atoms with van der Waals surface area (Å²) in [5.74, 6) is 0.482. The fraction of sp³-hybridized carbons (Fsp3) is 0.333. The van der Waals surface area contributed by atoms with Gasteiger partial charge in [0.25, 0.3) is 11.8 Å². The molecule has 138 valence electrons. The highest BCUT2D eigenvalue weighted by molar-refractivity contribution is 6.04. The van der Waals surface area contributed by atoms with Crippen LogP contribution < -0.4 is 15.4 Å². The molecule has 0 radical (unpaired) electrons. The summed E-state index contributed by atoms with van der Waals surface area (Å²) in [6.45, 7) is 8.53. The van der Waals surface area contributed by atoms with Gasteiger partial charge in [-0.2, -0.15) is 0 Å². The van der Waals surface area contributed by atoms with Crippen molar-refractivity contribution in [3.8, 4) is 5.75 Å². The number of anilines is 1. The van der Waals surface area contributed by atoms with Crippen LogP contribution in [-0.2, 0) is 4.79 Å². The van der Waals surface area contributed by atoms with Gasteiger partial charge in [-0.15, -0.1) is 0 Å². The molecule has 0 saturated heterocycles. The molecule has 0 aromatic heterocycles. The maximum atomic E-state index is 12.3. The second-order valence-corrected chi connectivity index (χ2v) is 6.73. The molecule has 0 spiro atoms. The van der Waals surface area contributed by atoms with Crippen LogP contribution in [0.3, 0.4) is 0 Å². The van der Waals surface area contributed by atoms with Gasteiger partial charge in [0, 0.05) is 6.54 Å². The van der Waals surface area contributed by atoms with Crippen molar-refractivity contribution >= 4 is 17.5 Å². The number of amides is 2. The van der Waals surface area contributed by atoms with Crippen LogP contribution in [0.15, 0.2) is 42.5 Å². The van der Waals surface area contributed by atoms with Gasteiger partial charge < -0.3 is 15.4 Å². The summed E-state index contributed by atoms with van der Waals surface area (Å²) < 4.78 is 5.54. The minimum absolute atomic E-state index is 0.121. The van der Waals surface area contributed by atoms with Gasteiger partial charge in [-0.05, 0) is 55.2 Å². The van der Waals surface area contributed by atoms with Crippen LogP contribution in [0.5, 0.6) is 5.75 Å². The molecule has 2 aromatic carbocycles. The third-order valence-corrected chi connectivity index (χ3v) is 3.96. The quantitative estimate of drug-likeness (QED) is 0.796. The number of benzene rings is 2. The molecule has 2 N–H and O–H groups in total. The molecule has 0 atom stereocenters. The van der Waals surface area contributed by atoms with E-state index in [-0.39, 0.29) is 18.4 Å². The molecule has 2 amide bonds. The first-order valence-corrected chi connectivity index (χ1v) is 8.74. The van der Waals surface area contributed by atoms with E-state index in [1.54, 1.807) is 24.3 Å². The Labute approximate surface area is 154 Å². The Hall–Kier alpha value is -2.82. The molecule has 0 heterocycles. The number of ether oxygens (including phenoxy) is 1. The molecule has 2 aromatic rings. The fourth-order valence-electron chi connectivity index (χ4n) is 2.32. The van der Waals surface area contributed by atoms with Crippen LogP contribution in [-0.4, -0.2) is 25.0 Å². The van der Waals surface area contributed by atoms with Gasteiger partial charge in [0.15, 0.2) is 6.61 Å². The van der Waals surface area contributed by atoms with Crippen LogP contribution in [0.1, 0.15) is 35.3 Å². The summed E-state index contributed by atoms with van der Waals surface area (Å²) in [5.41, 5.74) is 3.19. The molecular formula is C21H26N2O3. The van der Waals surface area contributed by atoms with Crippen LogP contribution in [0.2, 0.25) is 0 Å². The number of carbonyl (C=O) groups excluding carboxylic acids is 2. The lowest BCUT2D eigenvalue weighted by atomic mass is 10.1. The average molecular weight is 354 g/mol. The second kappa shape index (κ2) is 9.04. The third kappa shape index (κ3) is 5.62. The van der Waals surface area contributed by atoms with Crippen LogP contribution in [0.25, 0.3) is 0 Å². The van der Waals surface area contributed by atoms with Crippen molar-refractivity contribution in [2.75, 3.05) is 18.5 Å². The van der Waals surface area contributed by atoms with E-state index in [0.717, 1.165) is 5.56 Å². The standard InChI is InChI=1S/C21H26N2O3/c1-14(2)12-22-21(25)18-7-5-6-8-19(18)23-20(24)13-26-17-10-9-15(3)16(4)11-17/h5-11,14H,12-13H2,1-4H3,(H,22,25)(H,23,24). The first-order chi connectivity index (χ1) is 12.4. The lowest BCUT2D eigenvalue weighted by molar-refractivity contribution is -0.118. The Morgan fingerprint density at radius 3 is 2.46 bits per heavy atom. The van der Waals surface area contributed by atoms with E-state index >= 15 is 0 Å². The zero-order chi connectivity index (χ0) is 19.1. The first kappa shape index (κ1) is 19.5. The van der Waals surface area contributed by atoms with E-state index in [9.17, 15) is 9.59 Å². The van der Waals surface area contributed by atoms with Crippen molar-refractivity contribution in [1.29, 1.82) is 0 Å². The Morgan fingerprint density at radius 1 is 1.04 bits per heavy atom. The maximum Gasteiger partial charge on any atom is 0.262 e. The van der Waals surface area contributed by atoms with Crippen molar-refractivity contribution in [1.82, 2.24) is 5.32 Å². The van der Waals surface area contributed by atoms with Crippen molar-refractivity contribution in [2.45, 2.75) is 27.7 Å². The van der Waals surface area contributed by atoms with E-state index in [1.807, 2.05) is 45.9 Å². The molecule has 0 aliphatic carbocycles. The zero-order valence-corrected chi connectivity index (χ0v) is 15.8. The zero-order valence-electron chi connectivity index (χ0n) is 15.8. The summed E-state index contributed by atoms with van der Waals surface area (Å²) >= 11 is 0. The summed E-state index contributed by atoms with van der Waals surface area (Å²) in [7, 11) is 0. The van der Waals surface area contributed by atoms with Gasteiger partial charge in [0.2, 0.25) is 0 Å². The minimum Gasteiger partial charge on any atom is -0.484 e. The molecule has 0 unspecified atom stereocenters. The molecule has 0 aliphatic rings. The third-order valence-electron chi connectivity index (χ3n) is 3.96. The number of carbonyl (C=O) groups is 2. The second-order valence-electron chi connectivity index (χ2n) is 6.73. The number of nitrogens with one attached hydrogen (secondary N) is 2. The highest BCUT2D eigenvalue weighted by Crippen LogP contribution is 2.17. The predicted octanol–water partition coefficient (Wildman–Crippen LogP) is 3.71. The summed E-state index contributed by atoms with van der Waals surface area (Å²) in [6.07, 6.45) is 0. The summed E-state index contributed by atoms with van der Waals surface area (Å²) in [4.78, 5) is 24.5. The minimum atomic E-state index is -0.313. The van der Waals surface area contributed by atoms with E-state index in [1.165, 1.54) is 5.56 Å². The average Bonchev–Trinajstić information content (AvgIpc) is 2.61. The molecule has 5 nitrogen and oxygen atoms in total. The number of hydrogen-bond donors (Lipinski definition) is 2. The Bertz CT molecular complexity index is 785. The van der Waals surface area contributed by atoms with Crippen molar-refractivity contribution < 1.29 is 14.3 Å². The molecule has 0 fully saturated rings. The molecule has 2 rings (SSSR count). The first-order valence-electron chi connectivity index (χ1n) is 8.74. The fourth-order valence-corrected chi connectivity index (χ4v) is 2.32. The Kier molecular flexibility index (Phi) is 6.78. The maximum absolute atomic E-state index is 12.3. The van der Waals surface area contributed by atoms with Crippen molar-refractivity contribution in [2.24, 2.45) is 5.92 Å². The Morgan fingerprint density at radius 2 is 1.77 bits per heavy atom. The molecule has 0 aliphatic heterocycles. The SMILES string of the molecule is Cc1ccc(OCC(=O)Nc2ccccc2C(=O)NCC(C)C)cc1C. The molecule has 5 heteroatoms. The van der Waals surface area contributed by atoms with E-state index in [0.29, 0.717) is 29.5 Å². The van der Waals surface area contributed by atoms with E-state index in [4.69, 9.17) is 4.74 Å². The van der Waals surface area contributed by atoms with Gasteiger partial charge in [0.1, 0.15) is 5.75 Å². The van der Waals surface area contributed by atoms with Crippen molar-refractivity contribution in [3.05, 3.63) is 59.2 Å². The van der Waals surface area contributed by atoms with Crippen LogP contribution in [0.4, 0.5) is 5.69 Å². The van der Waals surface area contributed by atoms with Gasteiger partial charge in [-0.3, -0.25) is 9.59 Å². The lowest BCUT2D eigenvalue weighted by Crippen LogP contribution is -2.29. The normalized spacial score (nSPS) is 10.5. The highest BCUT2D eigenvalue weighted by Gasteiger charge is 2.13. The van der Waals surface area contributed by atoms with Gasteiger partial charge in [-0.1, -0.05) is 32.0 Å². The molecular weight excluding hydrogens is 328 g/mol. The lowest BCUT2D eigenvalue weighted by Gasteiger charge is -2.13. The highest BCUT2D eigenvalue weighted by atomic mass is 16.5. The number of para-hydroxylation sites is 1. The van der Waals surface area contributed by atoms with Crippen LogP contribution >= 0.6 is 0 Å². The summed E-state index contributed by atoms with van der Waals surface area (Å²) in [6, 6.07) is 12.6. The smallest absolute Gasteiger partial charge is 0.262 e. The topological polar surface area (TPSA) is 67.4 Å².